The highest BCUT2D eigenvalue weighted by Crippen LogP contribution is 2.19. The van der Waals surface area contributed by atoms with Crippen molar-refractivity contribution in [3.05, 3.63) is 33.5 Å². The van der Waals surface area contributed by atoms with Crippen LogP contribution in [0.4, 0.5) is 5.95 Å². The number of nitrogen functional groups attached to an aromatic ring is 1. The second kappa shape index (κ2) is 4.62. The first kappa shape index (κ1) is 11.6. The molecule has 0 fully saturated rings. The second-order valence-corrected chi connectivity index (χ2v) is 5.58. The fourth-order valence-electron chi connectivity index (χ4n) is 2.23. The van der Waals surface area contributed by atoms with Gasteiger partial charge in [0, 0.05) is 43.2 Å². The smallest absolute Gasteiger partial charge is 0.220 e. The first-order chi connectivity index (χ1) is 8.70. The zero-order chi connectivity index (χ0) is 12.5. The van der Waals surface area contributed by atoms with Gasteiger partial charge < -0.3 is 5.73 Å². The zero-order valence-corrected chi connectivity index (χ0v) is 11.1. The minimum atomic E-state index is 0.373. The number of anilines is 1. The predicted octanol–water partition coefficient (Wildman–Crippen LogP) is 1.38. The van der Waals surface area contributed by atoms with E-state index < -0.39 is 0 Å². The fraction of sp³-hybridized carbons (Fsp3) is 0.417. The summed E-state index contributed by atoms with van der Waals surface area (Å²) in [6, 6.07) is 0. The van der Waals surface area contributed by atoms with Gasteiger partial charge in [-0.3, -0.25) is 4.90 Å². The molecule has 0 unspecified atom stereocenters. The number of fused-ring (bicyclic) bond motifs is 1. The molecule has 1 aliphatic rings. The summed E-state index contributed by atoms with van der Waals surface area (Å²) >= 11 is 1.70. The van der Waals surface area contributed by atoms with Gasteiger partial charge in [-0.15, -0.1) is 11.3 Å². The van der Waals surface area contributed by atoms with E-state index in [2.05, 4.69) is 25.2 Å². The molecule has 0 radical (unpaired) electrons. The van der Waals surface area contributed by atoms with Crippen LogP contribution in [0.15, 0.2) is 11.6 Å². The van der Waals surface area contributed by atoms with E-state index in [4.69, 9.17) is 5.73 Å². The van der Waals surface area contributed by atoms with E-state index >= 15 is 0 Å². The molecular formula is C12H15N5S. The summed E-state index contributed by atoms with van der Waals surface area (Å²) in [5.74, 6) is 0.373. The Morgan fingerprint density at radius 1 is 1.44 bits per heavy atom. The highest BCUT2D eigenvalue weighted by molar-refractivity contribution is 7.09. The van der Waals surface area contributed by atoms with Crippen LogP contribution in [0, 0.1) is 6.92 Å². The average molecular weight is 261 g/mol. The second-order valence-electron chi connectivity index (χ2n) is 4.52. The molecule has 2 N–H and O–H groups in total. The van der Waals surface area contributed by atoms with Crippen molar-refractivity contribution in [2.24, 2.45) is 0 Å². The van der Waals surface area contributed by atoms with E-state index in [1.165, 1.54) is 5.56 Å². The van der Waals surface area contributed by atoms with Gasteiger partial charge in [0.2, 0.25) is 5.95 Å². The number of hydrogen-bond acceptors (Lipinski definition) is 6. The molecule has 3 heterocycles. The maximum Gasteiger partial charge on any atom is 0.220 e. The molecule has 0 bridgehead atoms. The SMILES string of the molecule is Cc1nc(CN2CCc3nc(N)ncc3C2)cs1. The van der Waals surface area contributed by atoms with Crippen molar-refractivity contribution in [2.75, 3.05) is 12.3 Å². The molecule has 94 valence electrons. The minimum absolute atomic E-state index is 0.373. The third kappa shape index (κ3) is 2.34. The maximum absolute atomic E-state index is 5.60. The number of aromatic nitrogens is 3. The normalized spacial score (nSPS) is 15.6. The topological polar surface area (TPSA) is 67.9 Å². The van der Waals surface area contributed by atoms with Crippen molar-refractivity contribution >= 4 is 17.3 Å². The Bertz CT molecular complexity index is 565. The highest BCUT2D eigenvalue weighted by Gasteiger charge is 2.18. The van der Waals surface area contributed by atoms with Gasteiger partial charge in [0.15, 0.2) is 0 Å². The summed E-state index contributed by atoms with van der Waals surface area (Å²) in [5, 5.41) is 3.25. The zero-order valence-electron chi connectivity index (χ0n) is 10.3. The summed E-state index contributed by atoms with van der Waals surface area (Å²) in [6.07, 6.45) is 2.78. The van der Waals surface area contributed by atoms with Crippen molar-refractivity contribution < 1.29 is 0 Å². The standard InChI is InChI=1S/C12H15N5S/c1-8-15-10(7-18-8)6-17-3-2-11-9(5-17)4-14-12(13)16-11/h4,7H,2-3,5-6H2,1H3,(H2,13,14,16). The molecule has 18 heavy (non-hydrogen) atoms. The largest absolute Gasteiger partial charge is 0.368 e. The molecule has 2 aromatic heterocycles. The lowest BCUT2D eigenvalue weighted by Gasteiger charge is -2.27. The number of hydrogen-bond donors (Lipinski definition) is 1. The van der Waals surface area contributed by atoms with E-state index in [1.807, 2.05) is 13.1 Å². The van der Waals surface area contributed by atoms with E-state index in [1.54, 1.807) is 11.3 Å². The number of rotatable bonds is 2. The Balaban J connectivity index is 1.73. The molecule has 2 aromatic rings. The summed E-state index contributed by atoms with van der Waals surface area (Å²) < 4.78 is 0. The van der Waals surface area contributed by atoms with Gasteiger partial charge in [-0.05, 0) is 6.92 Å². The van der Waals surface area contributed by atoms with Crippen molar-refractivity contribution in [3.8, 4) is 0 Å². The Kier molecular flexibility index (Phi) is 2.97. The molecule has 0 saturated carbocycles. The van der Waals surface area contributed by atoms with Crippen LogP contribution in [0.25, 0.3) is 0 Å². The Morgan fingerprint density at radius 2 is 2.33 bits per heavy atom. The van der Waals surface area contributed by atoms with Gasteiger partial charge in [0.05, 0.1) is 16.4 Å². The van der Waals surface area contributed by atoms with Crippen LogP contribution in [0.5, 0.6) is 0 Å². The third-order valence-corrected chi connectivity index (χ3v) is 3.91. The van der Waals surface area contributed by atoms with E-state index in [0.29, 0.717) is 5.95 Å². The van der Waals surface area contributed by atoms with Gasteiger partial charge in [0.1, 0.15) is 0 Å². The van der Waals surface area contributed by atoms with Crippen molar-refractivity contribution in [1.29, 1.82) is 0 Å². The van der Waals surface area contributed by atoms with Crippen molar-refractivity contribution in [2.45, 2.75) is 26.4 Å². The molecule has 0 saturated heterocycles. The lowest BCUT2D eigenvalue weighted by Crippen LogP contribution is -2.31. The monoisotopic (exact) mass is 261 g/mol. The highest BCUT2D eigenvalue weighted by atomic mass is 32.1. The predicted molar refractivity (Wildman–Crippen MR) is 71.1 cm³/mol. The van der Waals surface area contributed by atoms with E-state index in [9.17, 15) is 0 Å². The first-order valence-electron chi connectivity index (χ1n) is 5.94. The molecule has 5 nitrogen and oxygen atoms in total. The Hall–Kier alpha value is -1.53. The van der Waals surface area contributed by atoms with Crippen LogP contribution in [0.1, 0.15) is 22.0 Å². The fourth-order valence-corrected chi connectivity index (χ4v) is 2.84. The first-order valence-corrected chi connectivity index (χ1v) is 6.82. The number of nitrogens with two attached hydrogens (primary N) is 1. The third-order valence-electron chi connectivity index (χ3n) is 3.08. The maximum atomic E-state index is 5.60. The Morgan fingerprint density at radius 3 is 3.11 bits per heavy atom. The molecule has 0 amide bonds. The summed E-state index contributed by atoms with van der Waals surface area (Å²) in [6.45, 7) is 4.82. The number of aryl methyl sites for hydroxylation is 1. The molecule has 0 spiro atoms. The van der Waals surface area contributed by atoms with Crippen molar-refractivity contribution in [3.63, 3.8) is 0 Å². The molecule has 3 rings (SSSR count). The van der Waals surface area contributed by atoms with E-state index in [-0.39, 0.29) is 0 Å². The average Bonchev–Trinajstić information content (AvgIpc) is 2.75. The van der Waals surface area contributed by atoms with Gasteiger partial charge >= 0.3 is 0 Å². The van der Waals surface area contributed by atoms with Crippen LogP contribution < -0.4 is 5.73 Å². The van der Waals surface area contributed by atoms with Crippen LogP contribution in [0.3, 0.4) is 0 Å². The van der Waals surface area contributed by atoms with Crippen LogP contribution in [-0.2, 0) is 19.5 Å². The van der Waals surface area contributed by atoms with Gasteiger partial charge in [-0.25, -0.2) is 15.0 Å². The molecule has 0 aromatic carbocycles. The quantitative estimate of drug-likeness (QED) is 0.884. The molecule has 0 aliphatic carbocycles. The summed E-state index contributed by atoms with van der Waals surface area (Å²) in [4.78, 5) is 15.2. The molecule has 1 aliphatic heterocycles. The van der Waals surface area contributed by atoms with Crippen LogP contribution in [-0.4, -0.2) is 26.4 Å². The Labute approximate surface area is 110 Å². The molecule has 0 atom stereocenters. The van der Waals surface area contributed by atoms with Crippen LogP contribution in [0.2, 0.25) is 0 Å². The van der Waals surface area contributed by atoms with E-state index in [0.717, 1.165) is 42.5 Å². The summed E-state index contributed by atoms with van der Waals surface area (Å²) in [5.41, 5.74) is 9.02. The van der Waals surface area contributed by atoms with Gasteiger partial charge in [0.25, 0.3) is 0 Å². The van der Waals surface area contributed by atoms with Crippen LogP contribution >= 0.6 is 11.3 Å². The summed E-state index contributed by atoms with van der Waals surface area (Å²) in [7, 11) is 0. The number of thiazole rings is 1. The lowest BCUT2D eigenvalue weighted by atomic mass is 10.1. The number of nitrogens with zero attached hydrogens (tertiary/aromatic N) is 4. The lowest BCUT2D eigenvalue weighted by molar-refractivity contribution is 0.240. The molecular weight excluding hydrogens is 246 g/mol. The van der Waals surface area contributed by atoms with Crippen molar-refractivity contribution in [1.82, 2.24) is 19.9 Å². The van der Waals surface area contributed by atoms with Gasteiger partial charge in [-0.1, -0.05) is 0 Å². The minimum Gasteiger partial charge on any atom is -0.368 e. The molecule has 6 heteroatoms. The van der Waals surface area contributed by atoms with Gasteiger partial charge in [-0.2, -0.15) is 0 Å².